The third kappa shape index (κ3) is 2.07. The number of nitrogen functional groups attached to an aromatic ring is 1. The van der Waals surface area contributed by atoms with Crippen LogP contribution in [0.15, 0.2) is 30.6 Å². The highest BCUT2D eigenvalue weighted by molar-refractivity contribution is 5.61. The zero-order valence-electron chi connectivity index (χ0n) is 8.24. The van der Waals surface area contributed by atoms with Gasteiger partial charge in [-0.15, -0.1) is 0 Å². The van der Waals surface area contributed by atoms with E-state index in [0.717, 1.165) is 5.69 Å². The molecule has 2 rings (SSSR count). The van der Waals surface area contributed by atoms with Gasteiger partial charge in [0.05, 0.1) is 17.6 Å². The summed E-state index contributed by atoms with van der Waals surface area (Å²) in [6.45, 7) is 0. The smallest absolute Gasteiger partial charge is 0.148 e. The Labute approximate surface area is 86.5 Å². The summed E-state index contributed by atoms with van der Waals surface area (Å²) < 4.78 is 15.0. The van der Waals surface area contributed by atoms with Crippen LogP contribution in [0.2, 0.25) is 0 Å². The average Bonchev–Trinajstić information content (AvgIpc) is 2.56. The molecule has 0 aliphatic rings. The largest absolute Gasteiger partial charge is 0.399 e. The second-order valence-electron chi connectivity index (χ2n) is 3.27. The summed E-state index contributed by atoms with van der Waals surface area (Å²) in [6, 6.07) is 4.51. The molecule has 0 saturated carbocycles. The number of nitrogens with one attached hydrogen (secondary N) is 1. The Morgan fingerprint density at radius 1 is 1.47 bits per heavy atom. The van der Waals surface area contributed by atoms with Crippen molar-refractivity contribution in [2.75, 3.05) is 11.1 Å². The second kappa shape index (κ2) is 3.61. The molecule has 0 fully saturated rings. The van der Waals surface area contributed by atoms with E-state index in [1.54, 1.807) is 36.3 Å². The molecular weight excluding hydrogens is 195 g/mol. The zero-order chi connectivity index (χ0) is 10.8. The highest BCUT2D eigenvalue weighted by atomic mass is 19.1. The van der Waals surface area contributed by atoms with Crippen LogP contribution in [0.4, 0.5) is 21.5 Å². The number of nitrogens with zero attached hydrogens (tertiary/aromatic N) is 2. The van der Waals surface area contributed by atoms with Crippen molar-refractivity contribution in [3.8, 4) is 0 Å². The molecule has 5 heteroatoms. The van der Waals surface area contributed by atoms with Gasteiger partial charge in [-0.25, -0.2) is 4.39 Å². The molecule has 0 atom stereocenters. The van der Waals surface area contributed by atoms with E-state index >= 15 is 0 Å². The predicted octanol–water partition coefficient (Wildman–Crippen LogP) is 1.88. The van der Waals surface area contributed by atoms with Crippen molar-refractivity contribution < 1.29 is 4.39 Å². The van der Waals surface area contributed by atoms with E-state index < -0.39 is 0 Å². The van der Waals surface area contributed by atoms with E-state index in [0.29, 0.717) is 11.4 Å². The van der Waals surface area contributed by atoms with Gasteiger partial charge in [-0.3, -0.25) is 4.68 Å². The third-order valence-electron chi connectivity index (χ3n) is 1.98. The maximum absolute atomic E-state index is 13.4. The fraction of sp³-hybridized carbons (Fsp3) is 0.100. The van der Waals surface area contributed by atoms with Gasteiger partial charge in [-0.05, 0) is 18.2 Å². The number of hydrogen-bond donors (Lipinski definition) is 2. The Morgan fingerprint density at radius 2 is 2.27 bits per heavy atom. The van der Waals surface area contributed by atoms with Crippen LogP contribution in [-0.2, 0) is 7.05 Å². The number of hydrogen-bond acceptors (Lipinski definition) is 3. The molecule has 0 radical (unpaired) electrons. The topological polar surface area (TPSA) is 55.9 Å². The Morgan fingerprint density at radius 3 is 2.87 bits per heavy atom. The zero-order valence-corrected chi connectivity index (χ0v) is 8.24. The van der Waals surface area contributed by atoms with Crippen molar-refractivity contribution in [1.82, 2.24) is 9.78 Å². The Kier molecular flexibility index (Phi) is 2.29. The number of aromatic nitrogens is 2. The lowest BCUT2D eigenvalue weighted by Crippen LogP contribution is -1.94. The maximum Gasteiger partial charge on any atom is 0.148 e. The van der Waals surface area contributed by atoms with Crippen LogP contribution in [0.3, 0.4) is 0 Å². The van der Waals surface area contributed by atoms with Crippen molar-refractivity contribution in [2.45, 2.75) is 0 Å². The molecule has 1 aromatic heterocycles. The summed E-state index contributed by atoms with van der Waals surface area (Å²) in [5.41, 5.74) is 6.97. The molecule has 4 nitrogen and oxygen atoms in total. The Balaban J connectivity index is 2.24. The summed E-state index contributed by atoms with van der Waals surface area (Å²) >= 11 is 0. The summed E-state index contributed by atoms with van der Waals surface area (Å²) in [4.78, 5) is 0. The van der Waals surface area contributed by atoms with Crippen LogP contribution in [0, 0.1) is 5.82 Å². The minimum atomic E-state index is -0.376. The van der Waals surface area contributed by atoms with Crippen molar-refractivity contribution in [1.29, 1.82) is 0 Å². The van der Waals surface area contributed by atoms with Gasteiger partial charge in [0.25, 0.3) is 0 Å². The van der Waals surface area contributed by atoms with Crippen LogP contribution in [-0.4, -0.2) is 9.78 Å². The van der Waals surface area contributed by atoms with Crippen molar-refractivity contribution >= 4 is 17.1 Å². The Hall–Kier alpha value is -2.04. The number of benzene rings is 1. The predicted molar refractivity (Wildman–Crippen MR) is 57.3 cm³/mol. The minimum Gasteiger partial charge on any atom is -0.399 e. The van der Waals surface area contributed by atoms with Gasteiger partial charge in [0.1, 0.15) is 5.82 Å². The molecule has 3 N–H and O–H groups in total. The fourth-order valence-electron chi connectivity index (χ4n) is 1.27. The van der Waals surface area contributed by atoms with Gasteiger partial charge >= 0.3 is 0 Å². The number of nitrogens with two attached hydrogens (primary N) is 1. The molecule has 1 heterocycles. The number of rotatable bonds is 2. The molecule has 2 aromatic rings. The molecule has 0 aliphatic heterocycles. The molecular formula is C10H11FN4. The molecule has 0 unspecified atom stereocenters. The van der Waals surface area contributed by atoms with Crippen molar-refractivity contribution in [2.24, 2.45) is 7.05 Å². The van der Waals surface area contributed by atoms with Gasteiger partial charge in [-0.2, -0.15) is 5.10 Å². The Bertz CT molecular complexity index is 478. The third-order valence-corrected chi connectivity index (χ3v) is 1.98. The first-order valence-electron chi connectivity index (χ1n) is 4.46. The van der Waals surface area contributed by atoms with E-state index in [1.807, 2.05) is 0 Å². The monoisotopic (exact) mass is 206 g/mol. The highest BCUT2D eigenvalue weighted by Crippen LogP contribution is 2.20. The molecule has 78 valence electrons. The van der Waals surface area contributed by atoms with E-state index in [-0.39, 0.29) is 5.82 Å². The van der Waals surface area contributed by atoms with Crippen LogP contribution in [0.1, 0.15) is 0 Å². The number of anilines is 3. The molecule has 0 bridgehead atoms. The summed E-state index contributed by atoms with van der Waals surface area (Å²) in [5, 5.41) is 6.87. The second-order valence-corrected chi connectivity index (χ2v) is 3.27. The molecule has 0 amide bonds. The van der Waals surface area contributed by atoms with Crippen LogP contribution >= 0.6 is 0 Å². The molecule has 15 heavy (non-hydrogen) atoms. The quantitative estimate of drug-likeness (QED) is 0.738. The summed E-state index contributed by atoms with van der Waals surface area (Å²) in [7, 11) is 1.80. The number of halogens is 1. The van der Waals surface area contributed by atoms with Gasteiger partial charge in [-0.1, -0.05) is 0 Å². The number of aryl methyl sites for hydroxylation is 1. The highest BCUT2D eigenvalue weighted by Gasteiger charge is 2.03. The van der Waals surface area contributed by atoms with Crippen LogP contribution in [0.5, 0.6) is 0 Å². The minimum absolute atomic E-state index is 0.376. The maximum atomic E-state index is 13.4. The fourth-order valence-corrected chi connectivity index (χ4v) is 1.27. The standard InChI is InChI=1S/C10H11FN4/c1-15-6-8(5-13-15)14-10-3-2-7(12)4-9(10)11/h2-6,14H,12H2,1H3. The van der Waals surface area contributed by atoms with Gasteiger partial charge in [0.15, 0.2) is 0 Å². The van der Waals surface area contributed by atoms with Gasteiger partial charge in [0.2, 0.25) is 0 Å². The van der Waals surface area contributed by atoms with E-state index in [1.165, 1.54) is 6.07 Å². The lowest BCUT2D eigenvalue weighted by molar-refractivity contribution is 0.632. The van der Waals surface area contributed by atoms with Gasteiger partial charge in [0, 0.05) is 18.9 Å². The van der Waals surface area contributed by atoms with E-state index in [9.17, 15) is 4.39 Å². The van der Waals surface area contributed by atoms with Crippen LogP contribution < -0.4 is 11.1 Å². The lowest BCUT2D eigenvalue weighted by Gasteiger charge is -2.05. The SMILES string of the molecule is Cn1cc(Nc2ccc(N)cc2F)cn1. The van der Waals surface area contributed by atoms with Crippen molar-refractivity contribution in [3.63, 3.8) is 0 Å². The lowest BCUT2D eigenvalue weighted by atomic mass is 10.2. The summed E-state index contributed by atoms with van der Waals surface area (Å²) in [6.07, 6.45) is 3.38. The van der Waals surface area contributed by atoms with E-state index in [4.69, 9.17) is 5.73 Å². The molecule has 0 aliphatic carbocycles. The summed E-state index contributed by atoms with van der Waals surface area (Å²) in [5.74, 6) is -0.376. The first-order valence-corrected chi connectivity index (χ1v) is 4.46. The molecule has 1 aromatic carbocycles. The van der Waals surface area contributed by atoms with Gasteiger partial charge < -0.3 is 11.1 Å². The first-order chi connectivity index (χ1) is 7.15. The normalized spacial score (nSPS) is 10.3. The molecule has 0 spiro atoms. The average molecular weight is 206 g/mol. The van der Waals surface area contributed by atoms with E-state index in [2.05, 4.69) is 10.4 Å². The van der Waals surface area contributed by atoms with Crippen molar-refractivity contribution in [3.05, 3.63) is 36.4 Å². The van der Waals surface area contributed by atoms with Crippen LogP contribution in [0.25, 0.3) is 0 Å². The molecule has 0 saturated heterocycles. The first kappa shape index (κ1) is 9.51.